The normalized spacial score (nSPS) is 22.7. The van der Waals surface area contributed by atoms with Crippen molar-refractivity contribution in [3.8, 4) is 0 Å². The van der Waals surface area contributed by atoms with Gasteiger partial charge >= 0.3 is 16.2 Å². The molecule has 2 fully saturated rings. The third-order valence-corrected chi connectivity index (χ3v) is 7.93. The number of anilines is 1. The quantitative estimate of drug-likeness (QED) is 0.815. The molecule has 0 radical (unpaired) electrons. The van der Waals surface area contributed by atoms with E-state index in [0.29, 0.717) is 19.1 Å². The predicted molar refractivity (Wildman–Crippen MR) is 103 cm³/mol. The smallest absolute Gasteiger partial charge is 0.307 e. The highest BCUT2D eigenvalue weighted by Crippen LogP contribution is 2.38. The number of aryl methyl sites for hydroxylation is 2. The van der Waals surface area contributed by atoms with Crippen molar-refractivity contribution in [1.29, 1.82) is 0 Å². The van der Waals surface area contributed by atoms with Gasteiger partial charge in [0.25, 0.3) is 0 Å². The molecule has 2 heterocycles. The van der Waals surface area contributed by atoms with E-state index < -0.39 is 16.2 Å². The topological polar surface area (TPSA) is 81.8 Å². The first kappa shape index (κ1) is 17.5. The van der Waals surface area contributed by atoms with E-state index in [-0.39, 0.29) is 0 Å². The van der Waals surface area contributed by atoms with Gasteiger partial charge in [-0.1, -0.05) is 6.07 Å². The highest BCUT2D eigenvalue weighted by atomic mass is 32.2. The minimum atomic E-state index is -3.78. The van der Waals surface area contributed by atoms with Gasteiger partial charge < -0.3 is 5.32 Å². The zero-order valence-corrected chi connectivity index (χ0v) is 16.3. The number of benzene rings is 1. The molecular formula is C19H26N4O3S. The van der Waals surface area contributed by atoms with Gasteiger partial charge in [-0.15, -0.1) is 0 Å². The van der Waals surface area contributed by atoms with E-state index in [4.69, 9.17) is 0 Å². The summed E-state index contributed by atoms with van der Waals surface area (Å²) in [6, 6.07) is 1.95. The monoisotopic (exact) mass is 390 g/mol. The number of fused-ring (bicyclic) bond motifs is 2. The minimum Gasteiger partial charge on any atom is -0.307 e. The molecule has 0 aromatic heterocycles. The molecule has 146 valence electrons. The molecule has 0 atom stereocenters. The van der Waals surface area contributed by atoms with Crippen LogP contribution in [0.2, 0.25) is 0 Å². The average Bonchev–Trinajstić information content (AvgIpc) is 3.15. The predicted octanol–water partition coefficient (Wildman–Crippen LogP) is 1.42. The molecule has 27 heavy (non-hydrogen) atoms. The highest BCUT2D eigenvalue weighted by molar-refractivity contribution is 7.87. The first-order valence-electron chi connectivity index (χ1n) is 10.0. The Morgan fingerprint density at radius 1 is 0.963 bits per heavy atom. The molecule has 2 aliphatic heterocycles. The fourth-order valence-electron chi connectivity index (χ4n) is 4.84. The lowest BCUT2D eigenvalue weighted by molar-refractivity contribution is 0.0405. The second-order valence-corrected chi connectivity index (χ2v) is 9.83. The number of likely N-dealkylation sites (tertiary alicyclic amines) is 1. The van der Waals surface area contributed by atoms with E-state index in [9.17, 15) is 13.2 Å². The molecule has 1 aromatic rings. The lowest BCUT2D eigenvalue weighted by Crippen LogP contribution is -2.65. The maximum atomic E-state index is 12.5. The van der Waals surface area contributed by atoms with Gasteiger partial charge in [0.05, 0.1) is 0 Å². The summed E-state index contributed by atoms with van der Waals surface area (Å²) in [6.07, 6.45) is 7.38. The zero-order chi connectivity index (χ0) is 18.6. The average molecular weight is 391 g/mol. The second kappa shape index (κ2) is 6.46. The van der Waals surface area contributed by atoms with Crippen molar-refractivity contribution in [2.24, 2.45) is 0 Å². The number of carbonyl (C=O) groups excluding carboxylic acids is 1. The number of urea groups is 1. The fourth-order valence-corrected chi connectivity index (χ4v) is 5.99. The van der Waals surface area contributed by atoms with Crippen molar-refractivity contribution < 1.29 is 13.2 Å². The highest BCUT2D eigenvalue weighted by Gasteiger charge is 2.41. The number of amides is 2. The number of nitrogens with one attached hydrogen (secondary N) is 2. The van der Waals surface area contributed by atoms with Crippen LogP contribution in [0.5, 0.6) is 0 Å². The van der Waals surface area contributed by atoms with Crippen LogP contribution in [0.4, 0.5) is 10.5 Å². The Morgan fingerprint density at radius 2 is 1.59 bits per heavy atom. The molecule has 2 saturated heterocycles. The van der Waals surface area contributed by atoms with Crippen molar-refractivity contribution >= 4 is 21.9 Å². The first-order chi connectivity index (χ1) is 13.0. The van der Waals surface area contributed by atoms with Gasteiger partial charge in [-0.05, 0) is 80.3 Å². The molecular weight excluding hydrogens is 364 g/mol. The van der Waals surface area contributed by atoms with Gasteiger partial charge in [0.2, 0.25) is 0 Å². The summed E-state index contributed by atoms with van der Waals surface area (Å²) in [5.41, 5.74) is 5.89. The maximum absolute atomic E-state index is 12.5. The number of hydrogen-bond donors (Lipinski definition) is 2. The molecule has 2 aliphatic carbocycles. The summed E-state index contributed by atoms with van der Waals surface area (Å²) >= 11 is 0. The first-order valence-corrected chi connectivity index (χ1v) is 11.4. The van der Waals surface area contributed by atoms with Crippen molar-refractivity contribution in [3.63, 3.8) is 0 Å². The summed E-state index contributed by atoms with van der Waals surface area (Å²) in [5, 5.41) is 2.89. The van der Waals surface area contributed by atoms with Crippen LogP contribution in [-0.2, 0) is 35.9 Å². The van der Waals surface area contributed by atoms with Crippen LogP contribution in [0.25, 0.3) is 0 Å². The van der Waals surface area contributed by atoms with Gasteiger partial charge in [-0.2, -0.15) is 12.7 Å². The molecule has 0 bridgehead atoms. The van der Waals surface area contributed by atoms with Crippen LogP contribution in [0.3, 0.4) is 0 Å². The van der Waals surface area contributed by atoms with Crippen LogP contribution < -0.4 is 10.0 Å². The zero-order valence-electron chi connectivity index (χ0n) is 15.5. The summed E-state index contributed by atoms with van der Waals surface area (Å²) < 4.78 is 28.6. The van der Waals surface area contributed by atoms with E-state index in [1.807, 2.05) is 0 Å². The third-order valence-electron chi connectivity index (χ3n) is 6.51. The molecule has 2 amide bonds. The summed E-state index contributed by atoms with van der Waals surface area (Å²) in [5.74, 6) is 0. The van der Waals surface area contributed by atoms with Crippen molar-refractivity contribution in [1.82, 2.24) is 13.9 Å². The van der Waals surface area contributed by atoms with Crippen LogP contribution in [0.1, 0.15) is 41.5 Å². The molecule has 4 aliphatic rings. The van der Waals surface area contributed by atoms with Gasteiger partial charge in [0, 0.05) is 24.8 Å². The van der Waals surface area contributed by atoms with Crippen molar-refractivity contribution in [3.05, 3.63) is 28.3 Å². The number of rotatable bonds is 4. The molecule has 0 unspecified atom stereocenters. The Balaban J connectivity index is 1.28. The molecule has 2 N–H and O–H groups in total. The Morgan fingerprint density at radius 3 is 2.15 bits per heavy atom. The molecule has 5 rings (SSSR count). The van der Waals surface area contributed by atoms with Gasteiger partial charge in [0.15, 0.2) is 0 Å². The molecule has 8 heteroatoms. The van der Waals surface area contributed by atoms with E-state index in [1.54, 1.807) is 0 Å². The van der Waals surface area contributed by atoms with Gasteiger partial charge in [-0.3, -0.25) is 4.90 Å². The van der Waals surface area contributed by atoms with Crippen LogP contribution in [-0.4, -0.2) is 55.9 Å². The maximum Gasteiger partial charge on any atom is 0.333 e. The van der Waals surface area contributed by atoms with E-state index in [0.717, 1.165) is 57.3 Å². The minimum absolute atomic E-state index is 0.305. The molecule has 7 nitrogen and oxygen atoms in total. The largest absolute Gasteiger partial charge is 0.333 e. The Bertz CT molecular complexity index is 856. The van der Waals surface area contributed by atoms with Crippen molar-refractivity contribution in [2.45, 2.75) is 51.0 Å². The van der Waals surface area contributed by atoms with E-state index in [1.165, 1.54) is 33.0 Å². The Labute approximate surface area is 160 Å². The van der Waals surface area contributed by atoms with E-state index in [2.05, 4.69) is 21.0 Å². The van der Waals surface area contributed by atoms with Crippen LogP contribution >= 0.6 is 0 Å². The molecule has 0 spiro atoms. The number of carbonyl (C=O) groups is 1. The van der Waals surface area contributed by atoms with Crippen LogP contribution in [0, 0.1) is 0 Å². The van der Waals surface area contributed by atoms with Gasteiger partial charge in [0.1, 0.15) is 0 Å². The Kier molecular flexibility index (Phi) is 4.18. The molecule has 1 aromatic carbocycles. The fraction of sp³-hybridized carbons (Fsp3) is 0.632. The van der Waals surface area contributed by atoms with Gasteiger partial charge in [-0.25, -0.2) is 9.52 Å². The number of nitrogens with zero attached hydrogens (tertiary/aromatic N) is 2. The lowest BCUT2D eigenvalue weighted by atomic mass is 9.99. The molecule has 0 saturated carbocycles. The SMILES string of the molecule is O=C(Nc1c2c(cc3c1CCC3)CCC2)NS(=O)(=O)N1CC(N2CCC2)C1. The van der Waals surface area contributed by atoms with Crippen molar-refractivity contribution in [2.75, 3.05) is 31.5 Å². The summed E-state index contributed by atoms with van der Waals surface area (Å²) in [4.78, 5) is 14.8. The number of hydrogen-bond acceptors (Lipinski definition) is 4. The third kappa shape index (κ3) is 3.03. The standard InChI is InChI=1S/C19H26N4O3S/c24-19(21-27(25,26)23-11-15(12-23)22-8-3-9-22)20-18-16-6-1-4-13(16)10-14-5-2-7-17(14)18/h10,15H,1-9,11-12H2,(H2,20,21,24). The van der Waals surface area contributed by atoms with Crippen LogP contribution in [0.15, 0.2) is 6.07 Å². The lowest BCUT2D eigenvalue weighted by Gasteiger charge is -2.47. The van der Waals surface area contributed by atoms with E-state index >= 15 is 0 Å². The second-order valence-electron chi connectivity index (χ2n) is 8.16. The Hall–Kier alpha value is -1.64. The summed E-state index contributed by atoms with van der Waals surface area (Å²) in [6.45, 7) is 3.05. The summed E-state index contributed by atoms with van der Waals surface area (Å²) in [7, 11) is -3.78.